The van der Waals surface area contributed by atoms with Crippen LogP contribution in [-0.2, 0) is 9.84 Å². The second-order valence-electron chi connectivity index (χ2n) is 5.46. The Bertz CT molecular complexity index is 559. The molecule has 1 rings (SSSR count). The van der Waals surface area contributed by atoms with Crippen LogP contribution in [0.2, 0.25) is 0 Å². The van der Waals surface area contributed by atoms with E-state index in [0.717, 1.165) is 6.54 Å². The first-order valence-corrected chi connectivity index (χ1v) is 8.62. The summed E-state index contributed by atoms with van der Waals surface area (Å²) in [5.41, 5.74) is 0.459. The van der Waals surface area contributed by atoms with Gasteiger partial charge in [0.15, 0.2) is 0 Å². The highest BCUT2D eigenvalue weighted by Crippen LogP contribution is 2.34. The third-order valence-corrected chi connectivity index (χ3v) is 5.06. The van der Waals surface area contributed by atoms with E-state index in [2.05, 4.69) is 5.32 Å². The highest BCUT2D eigenvalue weighted by atomic mass is 32.2. The van der Waals surface area contributed by atoms with Gasteiger partial charge in [-0.3, -0.25) is 0 Å². The molecule has 0 saturated heterocycles. The molecule has 21 heavy (non-hydrogen) atoms. The lowest BCUT2D eigenvalue weighted by molar-refractivity contribution is 0.234. The Morgan fingerprint density at radius 1 is 1.14 bits per heavy atom. The maximum atomic E-state index is 12.9. The Labute approximate surface area is 125 Å². The number of nitrogens with one attached hydrogen (secondary N) is 1. The Morgan fingerprint density at radius 3 is 2.19 bits per heavy atom. The fraction of sp³-hybridized carbons (Fsp3) is 0.600. The monoisotopic (exact) mass is 319 g/mol. The Balaban J connectivity index is 3.41. The number of alkyl halides is 2. The van der Waals surface area contributed by atoms with Gasteiger partial charge in [-0.2, -0.15) is 8.78 Å². The van der Waals surface area contributed by atoms with Crippen molar-refractivity contribution in [3.8, 4) is 0 Å². The number of hydrogen-bond acceptors (Lipinski definition) is 3. The van der Waals surface area contributed by atoms with Gasteiger partial charge in [-0.1, -0.05) is 39.0 Å². The molecule has 2 unspecified atom stereocenters. The maximum Gasteiger partial charge on any atom is 0.341 e. The number of rotatable bonds is 7. The number of likely N-dealkylation sites (N-methyl/N-ethyl adjacent to an activating group) is 1. The first-order chi connectivity index (χ1) is 9.73. The van der Waals surface area contributed by atoms with Crippen molar-refractivity contribution >= 4 is 9.84 Å². The quantitative estimate of drug-likeness (QED) is 0.837. The second kappa shape index (κ2) is 7.31. The molecule has 120 valence electrons. The molecule has 0 fully saturated rings. The van der Waals surface area contributed by atoms with Gasteiger partial charge in [-0.05, 0) is 31.0 Å². The molecule has 0 radical (unpaired) electrons. The summed E-state index contributed by atoms with van der Waals surface area (Å²) in [6.45, 7) is 8.55. The van der Waals surface area contributed by atoms with Crippen molar-refractivity contribution in [2.75, 3.05) is 6.54 Å². The van der Waals surface area contributed by atoms with E-state index < -0.39 is 15.6 Å². The van der Waals surface area contributed by atoms with Gasteiger partial charge in [0.25, 0.3) is 0 Å². The predicted molar refractivity (Wildman–Crippen MR) is 80.3 cm³/mol. The number of hydrogen-bond donors (Lipinski definition) is 1. The van der Waals surface area contributed by atoms with Crippen LogP contribution in [-0.4, -0.2) is 26.8 Å². The summed E-state index contributed by atoms with van der Waals surface area (Å²) in [5, 5.41) is 3.25. The van der Waals surface area contributed by atoms with E-state index in [4.69, 9.17) is 0 Å². The number of benzene rings is 1. The minimum Gasteiger partial charge on any atom is -0.314 e. The van der Waals surface area contributed by atoms with Crippen LogP contribution in [0.1, 0.15) is 39.2 Å². The van der Waals surface area contributed by atoms with Gasteiger partial charge in [0.1, 0.15) is 0 Å². The zero-order chi connectivity index (χ0) is 16.2. The highest BCUT2D eigenvalue weighted by molar-refractivity contribution is 7.91. The molecule has 0 aliphatic rings. The van der Waals surface area contributed by atoms with Gasteiger partial charge < -0.3 is 5.32 Å². The van der Waals surface area contributed by atoms with E-state index in [1.807, 2.05) is 27.7 Å². The Morgan fingerprint density at radius 2 is 1.71 bits per heavy atom. The van der Waals surface area contributed by atoms with Crippen LogP contribution >= 0.6 is 0 Å². The summed E-state index contributed by atoms with van der Waals surface area (Å²) >= 11 is 0. The SMILES string of the molecule is CCNC(C)C(c1ccccc1S(=O)(=O)C(F)F)C(C)C. The summed E-state index contributed by atoms with van der Waals surface area (Å²) < 4.78 is 49.6. The van der Waals surface area contributed by atoms with Crippen molar-refractivity contribution < 1.29 is 17.2 Å². The molecule has 2 atom stereocenters. The van der Waals surface area contributed by atoms with Crippen molar-refractivity contribution in [1.82, 2.24) is 5.32 Å². The molecule has 1 N–H and O–H groups in total. The topological polar surface area (TPSA) is 46.2 Å². The number of halogens is 2. The Kier molecular flexibility index (Phi) is 6.28. The molecular formula is C15H23F2NO2S. The lowest BCUT2D eigenvalue weighted by atomic mass is 9.83. The van der Waals surface area contributed by atoms with Gasteiger partial charge in [0, 0.05) is 12.0 Å². The van der Waals surface area contributed by atoms with Crippen molar-refractivity contribution in [2.24, 2.45) is 5.92 Å². The molecule has 0 bridgehead atoms. The van der Waals surface area contributed by atoms with Crippen LogP contribution in [0.5, 0.6) is 0 Å². The van der Waals surface area contributed by atoms with Crippen molar-refractivity contribution in [3.63, 3.8) is 0 Å². The standard InChI is InChI=1S/C15H23F2NO2S/c1-5-18-11(4)14(10(2)3)12-8-6-7-9-13(12)21(19,20)15(16)17/h6-11,14-15,18H,5H2,1-4H3. The van der Waals surface area contributed by atoms with Crippen LogP contribution in [0.25, 0.3) is 0 Å². The molecule has 3 nitrogen and oxygen atoms in total. The van der Waals surface area contributed by atoms with Crippen LogP contribution in [0, 0.1) is 5.92 Å². The van der Waals surface area contributed by atoms with E-state index in [0.29, 0.717) is 5.56 Å². The summed E-state index contributed by atoms with van der Waals surface area (Å²) in [4.78, 5) is -0.261. The van der Waals surface area contributed by atoms with Gasteiger partial charge in [-0.25, -0.2) is 8.42 Å². The average molecular weight is 319 g/mol. The highest BCUT2D eigenvalue weighted by Gasteiger charge is 2.33. The first-order valence-electron chi connectivity index (χ1n) is 7.07. The lowest BCUT2D eigenvalue weighted by Crippen LogP contribution is -2.35. The molecule has 0 aliphatic heterocycles. The minimum atomic E-state index is -4.60. The molecule has 0 aliphatic carbocycles. The molecule has 6 heteroatoms. The van der Waals surface area contributed by atoms with Crippen molar-refractivity contribution in [3.05, 3.63) is 29.8 Å². The molecule has 0 aromatic heterocycles. The maximum absolute atomic E-state index is 12.9. The normalized spacial score (nSPS) is 15.4. The van der Waals surface area contributed by atoms with E-state index in [1.165, 1.54) is 12.1 Å². The molecular weight excluding hydrogens is 296 g/mol. The lowest BCUT2D eigenvalue weighted by Gasteiger charge is -2.30. The van der Waals surface area contributed by atoms with E-state index in [9.17, 15) is 17.2 Å². The largest absolute Gasteiger partial charge is 0.341 e. The van der Waals surface area contributed by atoms with Crippen LogP contribution in [0.3, 0.4) is 0 Å². The predicted octanol–water partition coefficient (Wildman–Crippen LogP) is 3.42. The van der Waals surface area contributed by atoms with Gasteiger partial charge in [-0.15, -0.1) is 0 Å². The van der Waals surface area contributed by atoms with Gasteiger partial charge in [0.2, 0.25) is 9.84 Å². The first kappa shape index (κ1) is 18.0. The van der Waals surface area contributed by atoms with Crippen LogP contribution in [0.4, 0.5) is 8.78 Å². The van der Waals surface area contributed by atoms with Gasteiger partial charge >= 0.3 is 5.76 Å². The van der Waals surface area contributed by atoms with Crippen LogP contribution < -0.4 is 5.32 Å². The van der Waals surface area contributed by atoms with Crippen molar-refractivity contribution in [1.29, 1.82) is 0 Å². The van der Waals surface area contributed by atoms with Gasteiger partial charge in [0.05, 0.1) is 4.90 Å². The smallest absolute Gasteiger partial charge is 0.314 e. The zero-order valence-electron chi connectivity index (χ0n) is 12.8. The fourth-order valence-corrected chi connectivity index (χ4v) is 3.76. The van der Waals surface area contributed by atoms with E-state index in [1.54, 1.807) is 12.1 Å². The van der Waals surface area contributed by atoms with E-state index in [-0.39, 0.29) is 22.8 Å². The minimum absolute atomic E-state index is 0.0102. The molecule has 1 aromatic rings. The summed E-state index contributed by atoms with van der Waals surface area (Å²) in [7, 11) is -4.60. The summed E-state index contributed by atoms with van der Waals surface area (Å²) in [6.07, 6.45) is 0. The van der Waals surface area contributed by atoms with E-state index >= 15 is 0 Å². The third kappa shape index (κ3) is 4.01. The van der Waals surface area contributed by atoms with Crippen LogP contribution in [0.15, 0.2) is 29.2 Å². The average Bonchev–Trinajstić information content (AvgIpc) is 2.39. The molecule has 0 spiro atoms. The summed E-state index contributed by atoms with van der Waals surface area (Å²) in [6, 6.07) is 6.06. The molecule has 0 heterocycles. The molecule has 0 amide bonds. The Hall–Kier alpha value is -1.01. The summed E-state index contributed by atoms with van der Waals surface area (Å²) in [5.74, 6) is -3.44. The fourth-order valence-electron chi connectivity index (χ4n) is 2.77. The van der Waals surface area contributed by atoms with Crippen molar-refractivity contribution in [2.45, 2.75) is 50.3 Å². The second-order valence-corrected chi connectivity index (χ2v) is 7.35. The zero-order valence-corrected chi connectivity index (χ0v) is 13.6. The number of sulfone groups is 1. The third-order valence-electron chi connectivity index (χ3n) is 3.60. The molecule has 1 aromatic carbocycles. The molecule has 0 saturated carbocycles.